The van der Waals surface area contributed by atoms with Crippen molar-refractivity contribution >= 4 is 11.0 Å². The second-order valence-corrected chi connectivity index (χ2v) is 4.40. The van der Waals surface area contributed by atoms with Gasteiger partial charge in [-0.05, 0) is 23.6 Å². The number of hydrogen-bond donors (Lipinski definition) is 1. The van der Waals surface area contributed by atoms with Gasteiger partial charge >= 0.3 is 0 Å². The molecule has 86 valence electrons. The Labute approximate surface area is 96.3 Å². The van der Waals surface area contributed by atoms with Crippen LogP contribution in [0.5, 0.6) is 0 Å². The molecule has 0 bridgehead atoms. The van der Waals surface area contributed by atoms with E-state index in [9.17, 15) is 0 Å². The molecule has 0 saturated heterocycles. The third-order valence-electron chi connectivity index (χ3n) is 3.14. The summed E-state index contributed by atoms with van der Waals surface area (Å²) in [7, 11) is 0. The molecule has 0 fully saturated rings. The number of pyridine rings is 1. The van der Waals surface area contributed by atoms with Gasteiger partial charge in [-0.2, -0.15) is 0 Å². The number of aromatic nitrogens is 2. The molecule has 2 rings (SSSR count). The van der Waals surface area contributed by atoms with Crippen LogP contribution in [-0.4, -0.2) is 9.55 Å². The lowest BCUT2D eigenvalue weighted by atomic mass is 10.1. The third kappa shape index (κ3) is 1.95. The molecule has 2 N–H and O–H groups in total. The summed E-state index contributed by atoms with van der Waals surface area (Å²) in [5, 5.41) is 1.19. The van der Waals surface area contributed by atoms with Crippen molar-refractivity contribution in [3.05, 3.63) is 30.1 Å². The predicted octanol–water partition coefficient (Wildman–Crippen LogP) is 2.54. The minimum atomic E-state index is 0.579. The summed E-state index contributed by atoms with van der Waals surface area (Å²) in [5.74, 6) is 0.670. The van der Waals surface area contributed by atoms with E-state index < -0.39 is 0 Å². The van der Waals surface area contributed by atoms with Gasteiger partial charge in [0.15, 0.2) is 0 Å². The highest BCUT2D eigenvalue weighted by Gasteiger charge is 2.09. The number of nitrogens with two attached hydrogens (primary N) is 1. The summed E-state index contributed by atoms with van der Waals surface area (Å²) in [6, 6.07) is 4.06. The van der Waals surface area contributed by atoms with E-state index in [1.54, 1.807) is 0 Å². The van der Waals surface area contributed by atoms with Crippen LogP contribution in [0.25, 0.3) is 11.0 Å². The zero-order valence-electron chi connectivity index (χ0n) is 9.98. The first-order valence-corrected chi connectivity index (χ1v) is 5.89. The van der Waals surface area contributed by atoms with Gasteiger partial charge in [0.2, 0.25) is 0 Å². The molecule has 2 heterocycles. The quantitative estimate of drug-likeness (QED) is 0.855. The lowest BCUT2D eigenvalue weighted by Crippen LogP contribution is -2.06. The molecule has 0 aliphatic rings. The van der Waals surface area contributed by atoms with E-state index in [1.165, 1.54) is 17.4 Å². The molecule has 2 aromatic rings. The summed E-state index contributed by atoms with van der Waals surface area (Å²) in [5.41, 5.74) is 8.00. The summed E-state index contributed by atoms with van der Waals surface area (Å²) in [4.78, 5) is 4.44. The Morgan fingerprint density at radius 2 is 2.31 bits per heavy atom. The molecule has 0 spiro atoms. The standard InChI is InChI=1S/C13H19N3/c1-3-10(2)8-16-9-11(7-14)12-5-4-6-15-13(12)16/h4-6,9-10H,3,7-8,14H2,1-2H3. The second-order valence-electron chi connectivity index (χ2n) is 4.40. The van der Waals surface area contributed by atoms with Crippen LogP contribution < -0.4 is 5.73 Å². The summed E-state index contributed by atoms with van der Waals surface area (Å²) >= 11 is 0. The fourth-order valence-electron chi connectivity index (χ4n) is 1.96. The number of rotatable bonds is 4. The first-order chi connectivity index (χ1) is 7.76. The molecule has 0 aliphatic heterocycles. The molecule has 0 aliphatic carbocycles. The third-order valence-corrected chi connectivity index (χ3v) is 3.14. The van der Waals surface area contributed by atoms with Gasteiger partial charge in [-0.1, -0.05) is 20.3 Å². The van der Waals surface area contributed by atoms with Crippen molar-refractivity contribution in [2.45, 2.75) is 33.4 Å². The zero-order valence-corrected chi connectivity index (χ0v) is 9.98. The molecule has 1 unspecified atom stereocenters. The average molecular weight is 217 g/mol. The van der Waals surface area contributed by atoms with Crippen LogP contribution in [-0.2, 0) is 13.1 Å². The van der Waals surface area contributed by atoms with Crippen molar-refractivity contribution < 1.29 is 0 Å². The topological polar surface area (TPSA) is 43.8 Å². The fourth-order valence-corrected chi connectivity index (χ4v) is 1.96. The Morgan fingerprint density at radius 1 is 1.50 bits per heavy atom. The lowest BCUT2D eigenvalue weighted by molar-refractivity contribution is 0.475. The van der Waals surface area contributed by atoms with Gasteiger partial charge in [0.25, 0.3) is 0 Å². The van der Waals surface area contributed by atoms with Crippen LogP contribution in [0.15, 0.2) is 24.5 Å². The molecule has 0 saturated carbocycles. The molecule has 3 heteroatoms. The fraction of sp³-hybridized carbons (Fsp3) is 0.462. The van der Waals surface area contributed by atoms with Crippen molar-refractivity contribution in [3.63, 3.8) is 0 Å². The molecular formula is C13H19N3. The van der Waals surface area contributed by atoms with E-state index in [0.29, 0.717) is 12.5 Å². The highest BCUT2D eigenvalue weighted by molar-refractivity contribution is 5.80. The van der Waals surface area contributed by atoms with Gasteiger partial charge in [0.05, 0.1) is 0 Å². The predicted molar refractivity (Wildman–Crippen MR) is 67.1 cm³/mol. The van der Waals surface area contributed by atoms with Crippen LogP contribution in [0.1, 0.15) is 25.8 Å². The van der Waals surface area contributed by atoms with Crippen LogP contribution in [0.4, 0.5) is 0 Å². The van der Waals surface area contributed by atoms with Gasteiger partial charge in [0, 0.05) is 30.9 Å². The molecule has 3 nitrogen and oxygen atoms in total. The Kier molecular flexibility index (Phi) is 3.25. The van der Waals surface area contributed by atoms with Crippen molar-refractivity contribution in [1.82, 2.24) is 9.55 Å². The van der Waals surface area contributed by atoms with Crippen LogP contribution in [0.3, 0.4) is 0 Å². The van der Waals surface area contributed by atoms with E-state index in [1.807, 2.05) is 12.3 Å². The van der Waals surface area contributed by atoms with E-state index in [0.717, 1.165) is 12.2 Å². The summed E-state index contributed by atoms with van der Waals surface area (Å²) in [6.07, 6.45) is 5.17. The molecular weight excluding hydrogens is 198 g/mol. The monoisotopic (exact) mass is 217 g/mol. The van der Waals surface area contributed by atoms with E-state index in [4.69, 9.17) is 5.73 Å². The maximum absolute atomic E-state index is 5.75. The van der Waals surface area contributed by atoms with E-state index >= 15 is 0 Å². The molecule has 1 atom stereocenters. The minimum Gasteiger partial charge on any atom is -0.332 e. The van der Waals surface area contributed by atoms with Gasteiger partial charge in [-0.3, -0.25) is 0 Å². The number of nitrogens with zero attached hydrogens (tertiary/aromatic N) is 2. The van der Waals surface area contributed by atoms with Crippen LogP contribution in [0, 0.1) is 5.92 Å². The highest BCUT2D eigenvalue weighted by Crippen LogP contribution is 2.20. The Bertz CT molecular complexity index is 473. The largest absolute Gasteiger partial charge is 0.332 e. The first kappa shape index (κ1) is 11.1. The van der Waals surface area contributed by atoms with Gasteiger partial charge < -0.3 is 10.3 Å². The summed E-state index contributed by atoms with van der Waals surface area (Å²) < 4.78 is 2.23. The van der Waals surface area contributed by atoms with Crippen molar-refractivity contribution in [2.24, 2.45) is 11.7 Å². The van der Waals surface area contributed by atoms with Gasteiger partial charge in [-0.15, -0.1) is 0 Å². The van der Waals surface area contributed by atoms with Crippen molar-refractivity contribution in [3.8, 4) is 0 Å². The molecule has 0 radical (unpaired) electrons. The number of hydrogen-bond acceptors (Lipinski definition) is 2. The van der Waals surface area contributed by atoms with Crippen molar-refractivity contribution in [1.29, 1.82) is 0 Å². The minimum absolute atomic E-state index is 0.579. The molecule has 0 amide bonds. The smallest absolute Gasteiger partial charge is 0.140 e. The molecule has 16 heavy (non-hydrogen) atoms. The first-order valence-electron chi connectivity index (χ1n) is 5.89. The summed E-state index contributed by atoms with van der Waals surface area (Å²) in [6.45, 7) is 6.07. The van der Waals surface area contributed by atoms with Crippen LogP contribution in [0.2, 0.25) is 0 Å². The zero-order chi connectivity index (χ0) is 11.5. The van der Waals surface area contributed by atoms with Gasteiger partial charge in [-0.25, -0.2) is 4.98 Å². The van der Waals surface area contributed by atoms with Crippen LogP contribution >= 0.6 is 0 Å². The highest BCUT2D eigenvalue weighted by atomic mass is 15.0. The number of fused-ring (bicyclic) bond motifs is 1. The molecule has 0 aromatic carbocycles. The van der Waals surface area contributed by atoms with Gasteiger partial charge in [0.1, 0.15) is 5.65 Å². The maximum Gasteiger partial charge on any atom is 0.140 e. The molecule has 2 aromatic heterocycles. The maximum atomic E-state index is 5.75. The van der Waals surface area contributed by atoms with E-state index in [-0.39, 0.29) is 0 Å². The van der Waals surface area contributed by atoms with Crippen molar-refractivity contribution in [2.75, 3.05) is 0 Å². The Balaban J connectivity index is 2.45. The normalized spacial score (nSPS) is 13.2. The Hall–Kier alpha value is -1.35. The Morgan fingerprint density at radius 3 is 3.00 bits per heavy atom. The lowest BCUT2D eigenvalue weighted by Gasteiger charge is -2.10. The SMILES string of the molecule is CCC(C)Cn1cc(CN)c2cccnc21. The average Bonchev–Trinajstić information content (AvgIpc) is 2.68. The second kappa shape index (κ2) is 4.66. The van der Waals surface area contributed by atoms with E-state index in [2.05, 4.69) is 35.7 Å².